The molecule has 196 valence electrons. The van der Waals surface area contributed by atoms with E-state index in [1.165, 1.54) is 37.8 Å². The van der Waals surface area contributed by atoms with Crippen LogP contribution in [0.25, 0.3) is 10.9 Å². The third kappa shape index (κ3) is 4.43. The van der Waals surface area contributed by atoms with Crippen molar-refractivity contribution in [2.75, 3.05) is 13.1 Å². The zero-order valence-electron chi connectivity index (χ0n) is 21.5. The normalized spacial score (nSPS) is 27.4. The van der Waals surface area contributed by atoms with E-state index < -0.39 is 12.1 Å². The standard InChI is InChI=1S/C28H39FN4O3/c1-4-16(2)27(35)31-25(17(3)34)28(36)32-12-11-24-26(32)22(15-33(24)19-7-5-6-8-19)21-14-30-23-13-18(29)9-10-20(21)23/h9-10,13-14,16-17,19,22,24-26,30,34H,4-8,11-12,15H2,1-3H3,(H,31,35)/t16-,17-,22-,24-,25+,26-/m1/s1. The number of nitrogens with one attached hydrogen (secondary N) is 2. The number of aliphatic hydroxyl groups is 1. The molecule has 8 heteroatoms. The minimum absolute atomic E-state index is 0.0519. The van der Waals surface area contributed by atoms with Crippen LogP contribution in [-0.2, 0) is 9.59 Å². The molecule has 5 rings (SSSR count). The lowest BCUT2D eigenvalue weighted by Gasteiger charge is -2.33. The summed E-state index contributed by atoms with van der Waals surface area (Å²) in [6.07, 6.45) is 7.38. The van der Waals surface area contributed by atoms with Crippen molar-refractivity contribution in [1.82, 2.24) is 20.1 Å². The van der Waals surface area contributed by atoms with Crippen LogP contribution in [0.2, 0.25) is 0 Å². The Morgan fingerprint density at radius 2 is 1.97 bits per heavy atom. The van der Waals surface area contributed by atoms with Gasteiger partial charge in [-0.1, -0.05) is 26.7 Å². The van der Waals surface area contributed by atoms with Gasteiger partial charge >= 0.3 is 0 Å². The molecule has 1 saturated carbocycles. The molecule has 0 radical (unpaired) electrons. The largest absolute Gasteiger partial charge is 0.391 e. The summed E-state index contributed by atoms with van der Waals surface area (Å²) in [4.78, 5) is 34.3. The predicted octanol–water partition coefficient (Wildman–Crippen LogP) is 3.53. The number of carbonyl (C=O) groups excluding carboxylic acids is 2. The number of hydrogen-bond acceptors (Lipinski definition) is 4. The fourth-order valence-corrected chi connectivity index (χ4v) is 6.79. The molecule has 3 fully saturated rings. The summed E-state index contributed by atoms with van der Waals surface area (Å²) in [5.41, 5.74) is 1.87. The Bertz CT molecular complexity index is 1110. The summed E-state index contributed by atoms with van der Waals surface area (Å²) in [5, 5.41) is 14.3. The highest BCUT2D eigenvalue weighted by molar-refractivity contribution is 5.90. The molecule has 6 atom stereocenters. The Balaban J connectivity index is 1.48. The quantitative estimate of drug-likeness (QED) is 0.545. The fraction of sp³-hybridized carbons (Fsp3) is 0.643. The number of benzene rings is 1. The number of nitrogens with zero attached hydrogens (tertiary/aromatic N) is 2. The molecule has 2 amide bonds. The maximum atomic E-state index is 13.9. The first-order chi connectivity index (χ1) is 17.3. The molecule has 3 N–H and O–H groups in total. The third-order valence-electron chi connectivity index (χ3n) is 8.92. The number of halogens is 1. The summed E-state index contributed by atoms with van der Waals surface area (Å²) >= 11 is 0. The van der Waals surface area contributed by atoms with Crippen molar-refractivity contribution in [1.29, 1.82) is 0 Å². The Hall–Kier alpha value is -2.45. The van der Waals surface area contributed by atoms with E-state index in [2.05, 4.69) is 15.2 Å². The van der Waals surface area contributed by atoms with Gasteiger partial charge in [-0.3, -0.25) is 14.5 Å². The maximum Gasteiger partial charge on any atom is 0.248 e. The average molecular weight is 499 g/mol. The van der Waals surface area contributed by atoms with E-state index in [9.17, 15) is 19.1 Å². The molecule has 0 spiro atoms. The Labute approximate surface area is 212 Å². The molecule has 2 saturated heterocycles. The topological polar surface area (TPSA) is 88.7 Å². The van der Waals surface area contributed by atoms with Crippen LogP contribution >= 0.6 is 0 Å². The summed E-state index contributed by atoms with van der Waals surface area (Å²) in [5.74, 6) is -0.849. The van der Waals surface area contributed by atoms with Crippen LogP contribution in [0, 0.1) is 11.7 Å². The zero-order valence-corrected chi connectivity index (χ0v) is 21.5. The lowest BCUT2D eigenvalue weighted by molar-refractivity contribution is -0.141. The van der Waals surface area contributed by atoms with E-state index in [-0.39, 0.29) is 41.6 Å². The summed E-state index contributed by atoms with van der Waals surface area (Å²) in [7, 11) is 0. The van der Waals surface area contributed by atoms with Crippen molar-refractivity contribution in [3.05, 3.63) is 35.8 Å². The summed E-state index contributed by atoms with van der Waals surface area (Å²) in [6.45, 7) is 6.79. The van der Waals surface area contributed by atoms with Crippen LogP contribution in [0.5, 0.6) is 0 Å². The highest BCUT2D eigenvalue weighted by atomic mass is 19.1. The zero-order chi connectivity index (χ0) is 25.6. The van der Waals surface area contributed by atoms with Crippen LogP contribution in [0.15, 0.2) is 24.4 Å². The fourth-order valence-electron chi connectivity index (χ4n) is 6.79. The minimum Gasteiger partial charge on any atom is -0.391 e. The Kier molecular flexibility index (Phi) is 7.10. The van der Waals surface area contributed by atoms with Gasteiger partial charge in [-0.2, -0.15) is 0 Å². The second kappa shape index (κ2) is 10.1. The van der Waals surface area contributed by atoms with Gasteiger partial charge < -0.3 is 20.3 Å². The first kappa shape index (κ1) is 25.2. The highest BCUT2D eigenvalue weighted by Gasteiger charge is 2.53. The number of hydrogen-bond donors (Lipinski definition) is 3. The number of aromatic amines is 1. The van der Waals surface area contributed by atoms with Crippen molar-refractivity contribution in [3.63, 3.8) is 0 Å². The van der Waals surface area contributed by atoms with Crippen molar-refractivity contribution in [2.24, 2.45) is 5.92 Å². The van der Waals surface area contributed by atoms with Gasteiger partial charge in [0.05, 0.1) is 12.1 Å². The Morgan fingerprint density at radius 1 is 1.22 bits per heavy atom. The molecule has 7 nitrogen and oxygen atoms in total. The number of aromatic nitrogens is 1. The molecule has 2 aliphatic heterocycles. The molecule has 1 aromatic heterocycles. The maximum absolute atomic E-state index is 13.9. The van der Waals surface area contributed by atoms with Gasteiger partial charge in [0, 0.05) is 54.1 Å². The molecule has 2 aromatic rings. The third-order valence-corrected chi connectivity index (χ3v) is 8.92. The van der Waals surface area contributed by atoms with E-state index in [1.54, 1.807) is 6.92 Å². The molecular weight excluding hydrogens is 459 g/mol. The molecule has 3 heterocycles. The van der Waals surface area contributed by atoms with Gasteiger partial charge in [-0.05, 0) is 56.4 Å². The van der Waals surface area contributed by atoms with E-state index in [0.717, 1.165) is 29.4 Å². The molecule has 1 aliphatic carbocycles. The number of carbonyl (C=O) groups is 2. The first-order valence-electron chi connectivity index (χ1n) is 13.6. The summed E-state index contributed by atoms with van der Waals surface area (Å²) < 4.78 is 13.9. The number of amides is 2. The number of fused-ring (bicyclic) bond motifs is 2. The molecule has 0 bridgehead atoms. The van der Waals surface area contributed by atoms with Crippen molar-refractivity contribution in [2.45, 2.75) is 95.5 Å². The lowest BCUT2D eigenvalue weighted by atomic mass is 9.91. The van der Waals surface area contributed by atoms with Crippen molar-refractivity contribution < 1.29 is 19.1 Å². The van der Waals surface area contributed by atoms with Gasteiger partial charge in [0.15, 0.2) is 0 Å². The van der Waals surface area contributed by atoms with Crippen LogP contribution < -0.4 is 5.32 Å². The average Bonchev–Trinajstić information content (AvgIpc) is 3.64. The number of likely N-dealkylation sites (tertiary alicyclic amines) is 2. The monoisotopic (exact) mass is 498 g/mol. The minimum atomic E-state index is -0.994. The lowest BCUT2D eigenvalue weighted by Crippen LogP contribution is -2.56. The van der Waals surface area contributed by atoms with Crippen LogP contribution in [0.3, 0.4) is 0 Å². The second-order valence-electron chi connectivity index (χ2n) is 11.1. The number of H-pyrrole nitrogens is 1. The molecular formula is C28H39FN4O3. The molecule has 1 aromatic carbocycles. The molecule has 3 aliphatic rings. The molecule has 36 heavy (non-hydrogen) atoms. The van der Waals surface area contributed by atoms with Gasteiger partial charge in [0.2, 0.25) is 11.8 Å². The van der Waals surface area contributed by atoms with E-state index in [0.29, 0.717) is 19.0 Å². The van der Waals surface area contributed by atoms with Crippen molar-refractivity contribution in [3.8, 4) is 0 Å². The van der Waals surface area contributed by atoms with Crippen molar-refractivity contribution >= 4 is 22.7 Å². The van der Waals surface area contributed by atoms with Gasteiger partial charge in [0.25, 0.3) is 0 Å². The highest BCUT2D eigenvalue weighted by Crippen LogP contribution is 2.45. The van der Waals surface area contributed by atoms with E-state index in [4.69, 9.17) is 0 Å². The summed E-state index contributed by atoms with van der Waals surface area (Å²) in [6, 6.07) is 4.59. The van der Waals surface area contributed by atoms with E-state index in [1.807, 2.05) is 31.0 Å². The SMILES string of the molecule is CC[C@@H](C)C(=O)N[C@H](C(=O)N1CC[C@@H]2[C@H]1[C@@H](c1c[nH]c3cc(F)ccc13)CN2C1CCCC1)[C@@H](C)O. The Morgan fingerprint density at radius 3 is 2.67 bits per heavy atom. The molecule has 0 unspecified atom stereocenters. The van der Waals surface area contributed by atoms with Crippen LogP contribution in [0.4, 0.5) is 4.39 Å². The number of rotatable bonds is 7. The second-order valence-corrected chi connectivity index (χ2v) is 11.1. The first-order valence-corrected chi connectivity index (χ1v) is 13.6. The van der Waals surface area contributed by atoms with Gasteiger partial charge in [-0.25, -0.2) is 4.39 Å². The number of aliphatic hydroxyl groups excluding tert-OH is 1. The smallest absolute Gasteiger partial charge is 0.248 e. The van der Waals surface area contributed by atoms with Crippen LogP contribution in [-0.4, -0.2) is 75.1 Å². The van der Waals surface area contributed by atoms with Crippen LogP contribution in [0.1, 0.15) is 70.8 Å². The van der Waals surface area contributed by atoms with Gasteiger partial charge in [-0.15, -0.1) is 0 Å². The predicted molar refractivity (Wildman–Crippen MR) is 137 cm³/mol. The van der Waals surface area contributed by atoms with E-state index >= 15 is 0 Å². The van der Waals surface area contributed by atoms with Gasteiger partial charge in [0.1, 0.15) is 11.9 Å².